The summed E-state index contributed by atoms with van der Waals surface area (Å²) < 4.78 is 1.68. The van der Waals surface area contributed by atoms with Crippen molar-refractivity contribution < 1.29 is 38.4 Å². The predicted octanol–water partition coefficient (Wildman–Crippen LogP) is 23.8. The van der Waals surface area contributed by atoms with Gasteiger partial charge in [-0.1, -0.05) is 200 Å². The molecule has 16 aromatic rings. The molecular weight excluding hydrogens is 2060 g/mol. The first-order valence-corrected chi connectivity index (χ1v) is 48.3. The fourth-order valence-electron chi connectivity index (χ4n) is 15.0. The number of H-pyrrole nitrogens is 4. The van der Waals surface area contributed by atoms with Gasteiger partial charge in [0.15, 0.2) is 23.3 Å². The summed E-state index contributed by atoms with van der Waals surface area (Å²) in [6.07, 6.45) is 4.67. The number of aromatic amines is 4. The molecule has 0 aliphatic carbocycles. The van der Waals surface area contributed by atoms with Crippen LogP contribution in [-0.4, -0.2) is 114 Å². The van der Waals surface area contributed by atoms with Gasteiger partial charge in [-0.3, -0.25) is 58.8 Å². The molecule has 38 heteroatoms. The van der Waals surface area contributed by atoms with Gasteiger partial charge in [0.2, 0.25) is 23.6 Å². The molecule has 12 aromatic carbocycles. The van der Waals surface area contributed by atoms with Crippen LogP contribution in [0.15, 0.2) is 252 Å². The maximum absolute atomic E-state index is 13.2. The number of carbonyl (C=O) groups excluding carboxylic acids is 8. The number of hydrogen-bond donors (Lipinski definition) is 16. The largest absolute Gasteiger partial charge is 0.330 e. The van der Waals surface area contributed by atoms with E-state index >= 15 is 0 Å². The highest BCUT2D eigenvalue weighted by Crippen LogP contribution is 2.38. The lowest BCUT2D eigenvalue weighted by Gasteiger charge is -2.17. The summed E-state index contributed by atoms with van der Waals surface area (Å²) in [5.41, 5.74) is 35.5. The average Bonchev–Trinajstić information content (AvgIpc) is 1.70. The van der Waals surface area contributed by atoms with Crippen molar-refractivity contribution >= 4 is 262 Å². The molecule has 0 aliphatic rings. The van der Waals surface area contributed by atoms with Gasteiger partial charge < -0.3 is 65.5 Å². The molecule has 714 valence electrons. The first-order chi connectivity index (χ1) is 67.0. The van der Waals surface area contributed by atoms with Crippen molar-refractivity contribution in [3.63, 3.8) is 0 Å². The van der Waals surface area contributed by atoms with Crippen LogP contribution in [0.4, 0.5) is 46.0 Å². The number of aryl methyl sites for hydroxylation is 2. The van der Waals surface area contributed by atoms with E-state index in [0.29, 0.717) is 193 Å². The van der Waals surface area contributed by atoms with Gasteiger partial charge in [0.05, 0.1) is 85.9 Å². The molecule has 0 bridgehead atoms. The molecule has 16 rings (SSSR count). The van der Waals surface area contributed by atoms with Crippen LogP contribution in [0.2, 0.25) is 40.2 Å². The second-order valence-corrected chi connectivity index (χ2v) is 36.9. The Morgan fingerprint density at radius 2 is 0.568 bits per heavy atom. The highest BCUT2D eigenvalue weighted by atomic mass is 79.9. The molecule has 20 N–H and O–H groups in total. The third kappa shape index (κ3) is 27.3. The van der Waals surface area contributed by atoms with Gasteiger partial charge in [0.25, 0.3) is 23.6 Å². The highest BCUT2D eigenvalue weighted by molar-refractivity contribution is 9.10. The summed E-state index contributed by atoms with van der Waals surface area (Å²) in [7, 11) is 0. The Bertz CT molecular complexity index is 7170. The Labute approximate surface area is 855 Å². The Morgan fingerprint density at radius 3 is 0.827 bits per heavy atom. The zero-order valence-corrected chi connectivity index (χ0v) is 83.5. The Kier molecular flexibility index (Phi) is 36.8. The number of aromatic nitrogens is 8. The molecule has 4 heterocycles. The monoisotopic (exact) mass is 2150 g/mol. The van der Waals surface area contributed by atoms with E-state index in [9.17, 15) is 38.4 Å². The molecule has 139 heavy (non-hydrogen) atoms. The second kappa shape index (κ2) is 49.3. The standard InChI is InChI=1S/C27H27Cl2N5O2.C26H25Cl2N5O2.2C24H20BrCl2N5O2/c1-2-3-16-4-6-17(7-5-16)26(35)32-25-21-15-19(9-11-24(21)33-34-25)31-27(36)20(12-13-30)18-8-10-22(28)23(29)14-18;1-2-15-3-5-16(6-4-15)25(34)31-24-20-14-18(8-10-23(20)32-33-24)30-26(35)19(11-12-29)17-7-9-21(27)22(28)13-17;25-15-4-1-13(2-5-15)23(33)30-22-18-12-16(6-8-21(18)31-32-22)29-24(34)17(9-10-28)14-3-7-19(26)20(27)11-14;25-15-3-1-2-14(10-15)23(33)30-22-18-12-16(5-7-21(18)31-32-22)29-24(34)17(8-9-28)13-4-6-19(26)20(27)11-13/h4-11,14-15,20H,2-3,12-13,30H2,1H3,(H,31,36)(H2,32,33,34,35);3-10,13-14,19H,2,11-12,29H2,1H3,(H,30,35)(H2,31,32,33,34);1-8,11-12,17H,9-10,28H2,(H,29,34)(H2,30,31,32,33);1-7,10-12,17H,8-9,28H2,(H,29,34)(H2,30,31,32,33). The number of hydrogen-bond acceptors (Lipinski definition) is 16. The number of nitrogens with two attached hydrogens (primary N) is 4. The minimum Gasteiger partial charge on any atom is -0.330 e. The topological polar surface area (TPSA) is 452 Å². The molecule has 8 amide bonds. The van der Waals surface area contributed by atoms with Crippen LogP contribution in [0.25, 0.3) is 43.6 Å². The van der Waals surface area contributed by atoms with Crippen molar-refractivity contribution in [2.24, 2.45) is 22.9 Å². The summed E-state index contributed by atoms with van der Waals surface area (Å²) in [6, 6.07) is 70.7. The minimum absolute atomic E-state index is 0.223. The van der Waals surface area contributed by atoms with Crippen LogP contribution in [0.1, 0.15) is 144 Å². The normalized spacial score (nSPS) is 11.9. The van der Waals surface area contributed by atoms with Crippen molar-refractivity contribution in [1.29, 1.82) is 0 Å². The summed E-state index contributed by atoms with van der Waals surface area (Å²) >= 11 is 55.4. The van der Waals surface area contributed by atoms with Gasteiger partial charge >= 0.3 is 0 Å². The van der Waals surface area contributed by atoms with Crippen molar-refractivity contribution in [2.75, 3.05) is 68.7 Å². The van der Waals surface area contributed by atoms with Gasteiger partial charge in [-0.15, -0.1) is 0 Å². The summed E-state index contributed by atoms with van der Waals surface area (Å²) in [6.45, 7) is 5.48. The molecule has 4 aromatic heterocycles. The van der Waals surface area contributed by atoms with Crippen LogP contribution in [-0.2, 0) is 32.0 Å². The maximum Gasteiger partial charge on any atom is 0.256 e. The van der Waals surface area contributed by atoms with Crippen molar-refractivity contribution in [3.8, 4) is 0 Å². The number of anilines is 8. The van der Waals surface area contributed by atoms with Gasteiger partial charge in [-0.25, -0.2) is 0 Å². The van der Waals surface area contributed by atoms with Crippen LogP contribution in [0.3, 0.4) is 0 Å². The number of fused-ring (bicyclic) bond motifs is 4. The van der Waals surface area contributed by atoms with E-state index in [1.54, 1.807) is 212 Å². The van der Waals surface area contributed by atoms with Crippen LogP contribution < -0.4 is 65.5 Å². The molecule has 0 spiro atoms. The second-order valence-electron chi connectivity index (χ2n) is 31.8. The van der Waals surface area contributed by atoms with E-state index in [0.717, 1.165) is 67.1 Å². The van der Waals surface area contributed by atoms with Gasteiger partial charge in [-0.2, -0.15) is 20.4 Å². The lowest BCUT2D eigenvalue weighted by molar-refractivity contribution is -0.118. The maximum atomic E-state index is 13.2. The zero-order valence-electron chi connectivity index (χ0n) is 74.3. The molecule has 0 radical (unpaired) electrons. The van der Waals surface area contributed by atoms with E-state index < -0.39 is 23.7 Å². The molecule has 0 fully saturated rings. The molecule has 4 unspecified atom stereocenters. The molecule has 4 atom stereocenters. The third-order valence-electron chi connectivity index (χ3n) is 22.3. The average molecular weight is 2160 g/mol. The first kappa shape index (κ1) is 104. The Hall–Kier alpha value is -12.6. The zero-order chi connectivity index (χ0) is 99.1. The number of rotatable bonds is 31. The third-order valence-corrected chi connectivity index (χ3v) is 26.3. The van der Waals surface area contributed by atoms with Crippen molar-refractivity contribution in [2.45, 2.75) is 82.5 Å². The van der Waals surface area contributed by atoms with Crippen molar-refractivity contribution in [3.05, 3.63) is 347 Å². The quantitative estimate of drug-likeness (QED) is 0.0192. The fraction of sp³-hybridized carbons (Fsp3) is 0.168. The van der Waals surface area contributed by atoms with Gasteiger partial charge in [-0.05, 0) is 286 Å². The lowest BCUT2D eigenvalue weighted by Crippen LogP contribution is -2.23. The molecule has 0 saturated heterocycles. The summed E-state index contributed by atoms with van der Waals surface area (Å²) in [5, 5.41) is 57.4. The van der Waals surface area contributed by atoms with E-state index in [-0.39, 0.29) is 47.3 Å². The number of benzene rings is 12. The number of carbonyl (C=O) groups is 8. The van der Waals surface area contributed by atoms with Crippen LogP contribution in [0, 0.1) is 0 Å². The Morgan fingerprint density at radius 1 is 0.295 bits per heavy atom. The Balaban J connectivity index is 0.000000156. The molecular formula is C101H92Br2Cl8N20O8. The SMILES string of the molecule is CCCc1ccc(C(=O)Nc2n[nH]c3ccc(NC(=O)C(CCN)c4ccc(Cl)c(Cl)c4)cc23)cc1.CCc1ccc(C(=O)Nc2n[nH]c3ccc(NC(=O)C(CCN)c4ccc(Cl)c(Cl)c4)cc23)cc1.NCCC(C(=O)Nc1ccc2[nH]nc(NC(=O)c3ccc(Br)cc3)c2c1)c1ccc(Cl)c(Cl)c1.NCCC(C(=O)Nc1ccc2[nH]nc(NC(=O)c3cccc(Br)c3)c2c1)c1ccc(Cl)c(Cl)c1. The smallest absolute Gasteiger partial charge is 0.256 e. The van der Waals surface area contributed by atoms with Crippen LogP contribution >= 0.6 is 125 Å². The van der Waals surface area contributed by atoms with E-state index in [1.807, 2.05) is 30.3 Å². The van der Waals surface area contributed by atoms with Crippen LogP contribution in [0.5, 0.6) is 0 Å². The number of amides is 8. The fourth-order valence-corrected chi connectivity index (χ4v) is 16.9. The highest BCUT2D eigenvalue weighted by Gasteiger charge is 2.28. The first-order valence-electron chi connectivity index (χ1n) is 43.7. The molecule has 0 aliphatic heterocycles. The van der Waals surface area contributed by atoms with E-state index in [2.05, 4.69) is 129 Å². The number of halogens is 10. The lowest BCUT2D eigenvalue weighted by atomic mass is 9.94. The van der Waals surface area contributed by atoms with Gasteiger partial charge in [0, 0.05) is 75.5 Å². The number of nitrogens with one attached hydrogen (secondary N) is 12. The number of nitrogens with zero attached hydrogens (tertiary/aromatic N) is 4. The molecule has 0 saturated carbocycles. The molecule has 28 nitrogen and oxygen atoms in total. The van der Waals surface area contributed by atoms with Gasteiger partial charge in [0.1, 0.15) is 0 Å². The predicted molar refractivity (Wildman–Crippen MR) is 567 cm³/mol. The van der Waals surface area contributed by atoms with E-state index in [4.69, 9.17) is 116 Å². The van der Waals surface area contributed by atoms with E-state index in [1.165, 1.54) is 5.56 Å². The minimum atomic E-state index is -0.504. The summed E-state index contributed by atoms with van der Waals surface area (Å²) in [5.74, 6) is -2.55. The van der Waals surface area contributed by atoms with Crippen molar-refractivity contribution in [1.82, 2.24) is 40.8 Å². The summed E-state index contributed by atoms with van der Waals surface area (Å²) in [4.78, 5) is 103.